The second kappa shape index (κ2) is 11.2. The number of aryl methyl sites for hydroxylation is 1. The average Bonchev–Trinajstić information content (AvgIpc) is 3.64. The van der Waals surface area contributed by atoms with Gasteiger partial charge in [-0.2, -0.15) is 18.2 Å². The van der Waals surface area contributed by atoms with Crippen molar-refractivity contribution in [3.05, 3.63) is 34.8 Å². The maximum Gasteiger partial charge on any atom is 0.493 e. The highest BCUT2D eigenvalue weighted by atomic mass is 79.9. The molecule has 0 aliphatic carbocycles. The van der Waals surface area contributed by atoms with Crippen LogP contribution in [0.25, 0.3) is 11.6 Å². The van der Waals surface area contributed by atoms with Gasteiger partial charge in [-0.05, 0) is 34.8 Å². The second-order valence-corrected chi connectivity index (χ2v) is 9.53. The summed E-state index contributed by atoms with van der Waals surface area (Å²) in [5.41, 5.74) is 0.126. The number of unbranched alkanes of at least 4 members (excludes halogenated alkanes) is 2. The monoisotopic (exact) mass is 626 g/mol. The minimum absolute atomic E-state index is 0.0907. The van der Waals surface area contributed by atoms with Crippen molar-refractivity contribution in [2.75, 3.05) is 11.4 Å². The largest absolute Gasteiger partial charge is 0.493 e. The summed E-state index contributed by atoms with van der Waals surface area (Å²) in [6.07, 6.45) is -0.474. The molecule has 0 radical (unpaired) electrons. The fourth-order valence-corrected chi connectivity index (χ4v) is 4.60. The first-order chi connectivity index (χ1) is 19.2. The molecule has 0 spiro atoms. The Hall–Kier alpha value is -4.09. The quantitative estimate of drug-likeness (QED) is 0.328. The van der Waals surface area contributed by atoms with Gasteiger partial charge in [-0.1, -0.05) is 30.1 Å². The molecule has 1 N–H and O–H groups in total. The number of fused-ring (bicyclic) bond motifs is 2. The number of amidine groups is 1. The highest BCUT2D eigenvalue weighted by Crippen LogP contribution is 2.37. The number of H-pyrrole nitrogens is 1. The normalized spacial score (nSPS) is 16.7. The molecule has 2 aliphatic rings. The molecule has 0 saturated carbocycles. The third kappa shape index (κ3) is 5.47. The van der Waals surface area contributed by atoms with Crippen LogP contribution in [0.2, 0.25) is 0 Å². The molecule has 1 amide bonds. The lowest BCUT2D eigenvalue weighted by Gasteiger charge is -2.40. The van der Waals surface area contributed by atoms with Crippen LogP contribution in [0.5, 0.6) is 0 Å². The van der Waals surface area contributed by atoms with Crippen LogP contribution in [0.4, 0.5) is 19.0 Å². The van der Waals surface area contributed by atoms with Crippen LogP contribution in [0.1, 0.15) is 55.4 Å². The molecule has 0 fully saturated rings. The van der Waals surface area contributed by atoms with Crippen molar-refractivity contribution in [3.63, 3.8) is 0 Å². The van der Waals surface area contributed by atoms with Crippen LogP contribution >= 0.6 is 15.9 Å². The Balaban J connectivity index is 1.39. The van der Waals surface area contributed by atoms with Gasteiger partial charge in [0.25, 0.3) is 5.91 Å². The fourth-order valence-electron chi connectivity index (χ4n) is 4.24. The van der Waals surface area contributed by atoms with Gasteiger partial charge in [-0.3, -0.25) is 4.79 Å². The number of aromatic amines is 1. The molecule has 212 valence electrons. The minimum atomic E-state index is -5.27. The number of hydrogen-bond acceptors (Lipinski definition) is 12. The topological polar surface area (TPSA) is 159 Å². The maximum atomic E-state index is 13.5. The number of imidazole rings is 1. The number of rotatable bonds is 10. The van der Waals surface area contributed by atoms with Crippen molar-refractivity contribution >= 4 is 39.5 Å². The van der Waals surface area contributed by atoms with Crippen molar-refractivity contribution in [2.45, 2.75) is 57.9 Å². The van der Waals surface area contributed by atoms with Gasteiger partial charge in [0.15, 0.2) is 10.6 Å². The SMILES string of the molecule is CCCCCN1c2nc(Br)[nH]c2C(=O)N2C(CCCc3nc(-c4ncccn4)no3)=NN(OC(=O)C(F)(F)F)C21. The van der Waals surface area contributed by atoms with Gasteiger partial charge in [0, 0.05) is 31.8 Å². The number of hydrogen-bond donors (Lipinski definition) is 1. The van der Waals surface area contributed by atoms with E-state index in [4.69, 9.17) is 4.52 Å². The average molecular weight is 627 g/mol. The predicted molar refractivity (Wildman–Crippen MR) is 133 cm³/mol. The van der Waals surface area contributed by atoms with Gasteiger partial charge in [0.05, 0.1) is 0 Å². The van der Waals surface area contributed by atoms with Crippen molar-refractivity contribution in [3.8, 4) is 11.6 Å². The summed E-state index contributed by atoms with van der Waals surface area (Å²) in [6.45, 7) is 2.30. The second-order valence-electron chi connectivity index (χ2n) is 8.78. The third-order valence-electron chi connectivity index (χ3n) is 6.00. The minimum Gasteiger partial charge on any atom is -0.339 e. The predicted octanol–water partition coefficient (Wildman–Crippen LogP) is 3.42. The zero-order valence-corrected chi connectivity index (χ0v) is 22.5. The molecule has 40 heavy (non-hydrogen) atoms. The van der Waals surface area contributed by atoms with Gasteiger partial charge in [-0.15, -0.1) is 5.10 Å². The van der Waals surface area contributed by atoms with E-state index in [9.17, 15) is 22.8 Å². The highest BCUT2D eigenvalue weighted by Gasteiger charge is 2.52. The van der Waals surface area contributed by atoms with Gasteiger partial charge in [-0.25, -0.2) is 24.6 Å². The number of halogens is 4. The van der Waals surface area contributed by atoms with Crippen LogP contribution in [-0.4, -0.2) is 76.9 Å². The van der Waals surface area contributed by atoms with E-state index in [-0.39, 0.29) is 52.5 Å². The number of nitrogens with zero attached hydrogens (tertiary/aromatic N) is 9. The Labute approximate surface area is 232 Å². The molecule has 1 atom stereocenters. The van der Waals surface area contributed by atoms with Gasteiger partial charge in [0.1, 0.15) is 11.5 Å². The summed E-state index contributed by atoms with van der Waals surface area (Å²) in [5, 5.41) is 8.48. The molecule has 5 rings (SSSR count). The van der Waals surface area contributed by atoms with Crippen LogP contribution in [0, 0.1) is 0 Å². The number of alkyl halides is 3. The highest BCUT2D eigenvalue weighted by molar-refractivity contribution is 9.10. The number of amides is 1. The van der Waals surface area contributed by atoms with Gasteiger partial charge >= 0.3 is 12.1 Å². The zero-order chi connectivity index (χ0) is 28.4. The van der Waals surface area contributed by atoms with Gasteiger partial charge in [0.2, 0.25) is 23.8 Å². The molecule has 1 unspecified atom stereocenters. The first-order valence-corrected chi connectivity index (χ1v) is 13.1. The van der Waals surface area contributed by atoms with E-state index >= 15 is 0 Å². The molecule has 0 aromatic carbocycles. The van der Waals surface area contributed by atoms with Crippen LogP contribution in [-0.2, 0) is 16.1 Å². The van der Waals surface area contributed by atoms with Crippen LogP contribution < -0.4 is 4.90 Å². The molecule has 3 aromatic heterocycles. The van der Waals surface area contributed by atoms with E-state index in [1.54, 1.807) is 11.0 Å². The smallest absolute Gasteiger partial charge is 0.339 e. The Morgan fingerprint density at radius 3 is 2.65 bits per heavy atom. The Kier molecular flexibility index (Phi) is 7.68. The third-order valence-corrected chi connectivity index (χ3v) is 6.37. The Morgan fingerprint density at radius 2 is 1.93 bits per heavy atom. The summed E-state index contributed by atoms with van der Waals surface area (Å²) in [5.74, 6) is -2.00. The van der Waals surface area contributed by atoms with E-state index in [1.807, 2.05) is 6.92 Å². The molecule has 0 saturated heterocycles. The fraction of sp³-hybridized carbons (Fsp3) is 0.455. The van der Waals surface area contributed by atoms with Gasteiger partial charge < -0.3 is 19.2 Å². The van der Waals surface area contributed by atoms with E-state index in [1.165, 1.54) is 17.3 Å². The summed E-state index contributed by atoms with van der Waals surface area (Å²) >= 11 is 3.22. The first-order valence-electron chi connectivity index (χ1n) is 12.3. The number of anilines is 1. The van der Waals surface area contributed by atoms with E-state index in [0.717, 1.165) is 12.8 Å². The molecule has 0 bridgehead atoms. The molecule has 2 aliphatic heterocycles. The van der Waals surface area contributed by atoms with E-state index in [0.29, 0.717) is 24.6 Å². The lowest BCUT2D eigenvalue weighted by molar-refractivity contribution is -0.249. The molecule has 3 aromatic rings. The molecule has 5 heterocycles. The number of carbonyl (C=O) groups excluding carboxylic acids is 2. The van der Waals surface area contributed by atoms with Crippen molar-refractivity contribution < 1.29 is 32.1 Å². The van der Waals surface area contributed by atoms with Crippen molar-refractivity contribution in [2.24, 2.45) is 5.10 Å². The number of hydroxylamine groups is 1. The number of carbonyl (C=O) groups is 2. The standard InChI is InChI=1S/C22H22BrF3N10O4/c1-2-3-4-11-34-17-14(30-20(23)31-17)18(37)35-12(32-36(21(34)35)40-19(38)22(24,25)26)7-5-8-13-29-16(33-39-13)15-27-9-6-10-28-15/h6,9-10,21H,2-5,7-8,11H2,1H3,(H,30,31). The molecular formula is C22H22BrF3N10O4. The number of aromatic nitrogens is 6. The van der Waals surface area contributed by atoms with E-state index < -0.39 is 24.3 Å². The van der Waals surface area contributed by atoms with Crippen molar-refractivity contribution in [1.29, 1.82) is 0 Å². The lowest BCUT2D eigenvalue weighted by atomic mass is 10.1. The van der Waals surface area contributed by atoms with E-state index in [2.05, 4.69) is 55.9 Å². The first kappa shape index (κ1) is 27.5. The van der Waals surface area contributed by atoms with Crippen molar-refractivity contribution in [1.82, 2.24) is 40.1 Å². The lowest BCUT2D eigenvalue weighted by Crippen LogP contribution is -2.60. The molecule has 18 heteroatoms. The Morgan fingerprint density at radius 1 is 1.15 bits per heavy atom. The van der Waals surface area contributed by atoms with Crippen LogP contribution in [0.15, 0.2) is 32.8 Å². The number of nitrogens with one attached hydrogen (secondary N) is 1. The summed E-state index contributed by atoms with van der Waals surface area (Å²) in [7, 11) is 0. The van der Waals surface area contributed by atoms with Crippen LogP contribution in [0.3, 0.4) is 0 Å². The number of hydrazone groups is 1. The summed E-state index contributed by atoms with van der Waals surface area (Å²) in [6, 6.07) is 1.65. The Bertz CT molecular complexity index is 1410. The summed E-state index contributed by atoms with van der Waals surface area (Å²) < 4.78 is 44.8. The maximum absolute atomic E-state index is 13.5. The molecule has 14 nitrogen and oxygen atoms in total. The zero-order valence-electron chi connectivity index (χ0n) is 20.9. The summed E-state index contributed by atoms with van der Waals surface area (Å²) in [4.78, 5) is 52.2. The molecular weight excluding hydrogens is 605 g/mol.